The van der Waals surface area contributed by atoms with Crippen molar-refractivity contribution < 1.29 is 4.74 Å². The molecule has 1 nitrogen and oxygen atoms in total. The van der Waals surface area contributed by atoms with Gasteiger partial charge < -0.3 is 4.74 Å². The molecular weight excluding hydrogens is 208 g/mol. The molecule has 0 aliphatic carbocycles. The second-order valence-corrected chi connectivity index (χ2v) is 4.35. The number of ether oxygens (including phenoxy) is 1. The fraction of sp³-hybridized carbons (Fsp3) is 0.500. The van der Waals surface area contributed by atoms with E-state index in [1.807, 2.05) is 24.3 Å². The average Bonchev–Trinajstić information content (AvgIpc) is 2.38. The van der Waals surface area contributed by atoms with Crippen LogP contribution < -0.4 is 0 Å². The molecule has 0 unspecified atom stereocenters. The van der Waals surface area contributed by atoms with Crippen molar-refractivity contribution in [1.82, 2.24) is 0 Å². The highest BCUT2D eigenvalue weighted by Crippen LogP contribution is 2.05. The highest BCUT2D eigenvalue weighted by Gasteiger charge is 1.89. The lowest BCUT2D eigenvalue weighted by atomic mass is 10.1. The maximum absolute atomic E-state index is 5.46. The van der Waals surface area contributed by atoms with Crippen molar-refractivity contribution in [3.63, 3.8) is 0 Å². The molecule has 0 saturated heterocycles. The number of rotatable bonds is 9. The molecular formula is C16H24O. The molecule has 0 bridgehead atoms. The quantitative estimate of drug-likeness (QED) is 0.428. The minimum atomic E-state index is 0.843. The van der Waals surface area contributed by atoms with Crippen molar-refractivity contribution in [2.24, 2.45) is 0 Å². The van der Waals surface area contributed by atoms with Crippen molar-refractivity contribution >= 4 is 6.08 Å². The molecule has 1 aromatic rings. The molecule has 0 amide bonds. The minimum Gasteiger partial charge on any atom is -0.501 e. The van der Waals surface area contributed by atoms with E-state index in [1.54, 1.807) is 6.26 Å². The Labute approximate surface area is 106 Å². The summed E-state index contributed by atoms with van der Waals surface area (Å²) in [5, 5.41) is 0. The van der Waals surface area contributed by atoms with E-state index in [2.05, 4.69) is 19.1 Å². The lowest BCUT2D eigenvalue weighted by Gasteiger charge is -2.01. The van der Waals surface area contributed by atoms with Gasteiger partial charge in [0, 0.05) is 0 Å². The maximum Gasteiger partial charge on any atom is 0.0873 e. The van der Waals surface area contributed by atoms with Gasteiger partial charge in [-0.05, 0) is 18.1 Å². The van der Waals surface area contributed by atoms with Gasteiger partial charge in [0.2, 0.25) is 0 Å². The number of unbranched alkanes of at least 4 members (excludes halogenated alkanes) is 5. The van der Waals surface area contributed by atoms with Gasteiger partial charge >= 0.3 is 0 Å². The van der Waals surface area contributed by atoms with Gasteiger partial charge in [-0.3, -0.25) is 0 Å². The van der Waals surface area contributed by atoms with E-state index in [0.717, 1.165) is 6.61 Å². The van der Waals surface area contributed by atoms with Crippen LogP contribution in [0.5, 0.6) is 0 Å². The Balaban J connectivity index is 1.95. The first-order chi connectivity index (χ1) is 8.43. The van der Waals surface area contributed by atoms with Gasteiger partial charge in [0.25, 0.3) is 0 Å². The lowest BCUT2D eigenvalue weighted by Crippen LogP contribution is -1.87. The Morgan fingerprint density at radius 3 is 2.41 bits per heavy atom. The highest BCUT2D eigenvalue weighted by molar-refractivity contribution is 5.47. The molecule has 0 atom stereocenters. The van der Waals surface area contributed by atoms with Crippen LogP contribution in [0.1, 0.15) is 51.0 Å². The third kappa shape index (κ3) is 7.62. The zero-order chi connectivity index (χ0) is 12.2. The Kier molecular flexibility index (Phi) is 8.09. The fourth-order valence-corrected chi connectivity index (χ4v) is 1.72. The Morgan fingerprint density at radius 1 is 0.941 bits per heavy atom. The van der Waals surface area contributed by atoms with E-state index >= 15 is 0 Å². The summed E-state index contributed by atoms with van der Waals surface area (Å²) < 4.78 is 5.46. The average molecular weight is 232 g/mol. The summed E-state index contributed by atoms with van der Waals surface area (Å²) in [6.07, 6.45) is 11.7. The Morgan fingerprint density at radius 2 is 1.65 bits per heavy atom. The third-order valence-corrected chi connectivity index (χ3v) is 2.77. The fourth-order valence-electron chi connectivity index (χ4n) is 1.72. The summed E-state index contributed by atoms with van der Waals surface area (Å²) in [6.45, 7) is 3.09. The van der Waals surface area contributed by atoms with E-state index in [1.165, 1.54) is 44.1 Å². The summed E-state index contributed by atoms with van der Waals surface area (Å²) in [7, 11) is 0. The van der Waals surface area contributed by atoms with Crippen LogP contribution in [0.2, 0.25) is 0 Å². The van der Waals surface area contributed by atoms with Crippen LogP contribution in [-0.4, -0.2) is 6.61 Å². The van der Waals surface area contributed by atoms with Gasteiger partial charge in [-0.15, -0.1) is 0 Å². The first-order valence-corrected chi connectivity index (χ1v) is 6.76. The van der Waals surface area contributed by atoms with E-state index in [9.17, 15) is 0 Å². The molecule has 0 aliphatic rings. The largest absolute Gasteiger partial charge is 0.501 e. The minimum absolute atomic E-state index is 0.843. The van der Waals surface area contributed by atoms with Gasteiger partial charge in [-0.1, -0.05) is 69.4 Å². The molecule has 0 N–H and O–H groups in total. The van der Waals surface area contributed by atoms with Crippen LogP contribution in [0.3, 0.4) is 0 Å². The Bertz CT molecular complexity index is 290. The van der Waals surface area contributed by atoms with Crippen molar-refractivity contribution in [3.8, 4) is 0 Å². The first-order valence-electron chi connectivity index (χ1n) is 6.76. The monoisotopic (exact) mass is 232 g/mol. The molecule has 0 aliphatic heterocycles. The topological polar surface area (TPSA) is 9.23 Å². The van der Waals surface area contributed by atoms with Gasteiger partial charge in [-0.2, -0.15) is 0 Å². The van der Waals surface area contributed by atoms with Gasteiger partial charge in [-0.25, -0.2) is 0 Å². The summed E-state index contributed by atoms with van der Waals surface area (Å²) in [4.78, 5) is 0. The van der Waals surface area contributed by atoms with Crippen LogP contribution in [0, 0.1) is 0 Å². The predicted octanol–water partition coefficient (Wildman–Crippen LogP) is 5.03. The second kappa shape index (κ2) is 9.95. The summed E-state index contributed by atoms with van der Waals surface area (Å²) in [5.74, 6) is 0. The van der Waals surface area contributed by atoms with Crippen LogP contribution in [0.15, 0.2) is 36.6 Å². The van der Waals surface area contributed by atoms with E-state index in [-0.39, 0.29) is 0 Å². The van der Waals surface area contributed by atoms with Crippen LogP contribution in [-0.2, 0) is 4.74 Å². The van der Waals surface area contributed by atoms with E-state index in [0.29, 0.717) is 0 Å². The van der Waals surface area contributed by atoms with E-state index < -0.39 is 0 Å². The molecule has 0 saturated carbocycles. The lowest BCUT2D eigenvalue weighted by molar-refractivity contribution is 0.243. The Hall–Kier alpha value is -1.24. The highest BCUT2D eigenvalue weighted by atomic mass is 16.5. The number of benzene rings is 1. The van der Waals surface area contributed by atoms with E-state index in [4.69, 9.17) is 4.74 Å². The molecule has 0 fully saturated rings. The first kappa shape index (κ1) is 13.8. The summed E-state index contributed by atoms with van der Waals surface area (Å²) in [6, 6.07) is 10.2. The molecule has 94 valence electrons. The van der Waals surface area contributed by atoms with Crippen molar-refractivity contribution in [1.29, 1.82) is 0 Å². The van der Waals surface area contributed by atoms with Crippen molar-refractivity contribution in [3.05, 3.63) is 42.2 Å². The molecule has 0 aromatic heterocycles. The van der Waals surface area contributed by atoms with Gasteiger partial charge in [0.1, 0.15) is 0 Å². The number of hydrogen-bond acceptors (Lipinski definition) is 1. The van der Waals surface area contributed by atoms with Gasteiger partial charge in [0.15, 0.2) is 0 Å². The molecule has 1 heteroatoms. The molecule has 17 heavy (non-hydrogen) atoms. The third-order valence-electron chi connectivity index (χ3n) is 2.77. The van der Waals surface area contributed by atoms with Crippen molar-refractivity contribution in [2.45, 2.75) is 45.4 Å². The molecule has 1 rings (SSSR count). The zero-order valence-electron chi connectivity index (χ0n) is 10.9. The standard InChI is InChI=1S/C16H24O/c1-2-3-4-5-6-10-14-17-15-13-16-11-8-7-9-12-16/h7-9,11-13,15H,2-6,10,14H2,1H3. The maximum atomic E-state index is 5.46. The molecule has 1 aromatic carbocycles. The van der Waals surface area contributed by atoms with Gasteiger partial charge in [0.05, 0.1) is 12.9 Å². The normalized spacial score (nSPS) is 10.9. The smallest absolute Gasteiger partial charge is 0.0873 e. The van der Waals surface area contributed by atoms with Crippen LogP contribution in [0.25, 0.3) is 6.08 Å². The van der Waals surface area contributed by atoms with Crippen LogP contribution >= 0.6 is 0 Å². The molecule has 0 spiro atoms. The SMILES string of the molecule is CCCCCCCCOC=Cc1ccccc1. The zero-order valence-corrected chi connectivity index (χ0v) is 10.9. The number of hydrogen-bond donors (Lipinski definition) is 0. The summed E-state index contributed by atoms with van der Waals surface area (Å²) in [5.41, 5.74) is 1.19. The van der Waals surface area contributed by atoms with Crippen LogP contribution in [0.4, 0.5) is 0 Å². The molecule has 0 heterocycles. The second-order valence-electron chi connectivity index (χ2n) is 4.35. The predicted molar refractivity (Wildman–Crippen MR) is 74.8 cm³/mol. The van der Waals surface area contributed by atoms with Crippen molar-refractivity contribution in [2.75, 3.05) is 6.61 Å². The molecule has 0 radical (unpaired) electrons. The summed E-state index contributed by atoms with van der Waals surface area (Å²) >= 11 is 0.